The van der Waals surface area contributed by atoms with E-state index >= 15 is 8.78 Å². The van der Waals surface area contributed by atoms with Gasteiger partial charge in [0.2, 0.25) is 5.82 Å². The van der Waals surface area contributed by atoms with E-state index in [1.165, 1.54) is 36.2 Å². The van der Waals surface area contributed by atoms with Crippen molar-refractivity contribution < 1.29 is 54.3 Å². The summed E-state index contributed by atoms with van der Waals surface area (Å²) in [6.07, 6.45) is 5.91. The Balaban J connectivity index is 0.00000212. The molecular weight excluding hydrogens is 775 g/mol. The van der Waals surface area contributed by atoms with E-state index in [9.17, 15) is 9.50 Å². The summed E-state index contributed by atoms with van der Waals surface area (Å²) in [4.78, 5) is 10.8. The minimum atomic E-state index is -1.14. The number of imidazole rings is 1. The van der Waals surface area contributed by atoms with Crippen molar-refractivity contribution in [2.45, 2.75) is 30.1 Å². The molecule has 3 heterocycles. The summed E-state index contributed by atoms with van der Waals surface area (Å²) < 4.78 is 56.7. The van der Waals surface area contributed by atoms with Crippen molar-refractivity contribution in [3.8, 4) is 28.6 Å². The Hall–Kier alpha value is -2.95. The fraction of sp³-hybridized carbons (Fsp3) is 0.233. The molecule has 2 aromatic heterocycles. The molecule has 0 bridgehead atoms. The van der Waals surface area contributed by atoms with Crippen LogP contribution in [0.4, 0.5) is 13.2 Å². The van der Waals surface area contributed by atoms with Gasteiger partial charge in [-0.1, -0.05) is 11.6 Å². The summed E-state index contributed by atoms with van der Waals surface area (Å²) in [7, 11) is 0. The molecular formula is C30H27ClF3N3O4SW. The molecule has 0 fully saturated rings. The third kappa shape index (κ3) is 5.69. The third-order valence-electron chi connectivity index (χ3n) is 7.55. The molecule has 7 nitrogen and oxygen atoms in total. The maximum absolute atomic E-state index is 15.1. The van der Waals surface area contributed by atoms with Gasteiger partial charge in [-0.05, 0) is 68.0 Å². The molecule has 6 rings (SSSR count). The van der Waals surface area contributed by atoms with Crippen LogP contribution in [0.25, 0.3) is 22.3 Å². The molecule has 0 spiro atoms. The van der Waals surface area contributed by atoms with Crippen LogP contribution in [-0.4, -0.2) is 45.0 Å². The van der Waals surface area contributed by atoms with Gasteiger partial charge in [0, 0.05) is 67.1 Å². The van der Waals surface area contributed by atoms with Crippen LogP contribution in [0.3, 0.4) is 0 Å². The summed E-state index contributed by atoms with van der Waals surface area (Å²) in [5.74, 6) is -2.00. The Morgan fingerprint density at radius 3 is 2.70 bits per heavy atom. The Morgan fingerprint density at radius 2 is 1.95 bits per heavy atom. The second kappa shape index (κ2) is 13.0. The predicted octanol–water partition coefficient (Wildman–Crippen LogP) is 6.94. The zero-order valence-electron chi connectivity index (χ0n) is 23.0. The first-order chi connectivity index (χ1) is 19.7. The molecule has 0 saturated carbocycles. The number of ether oxygens (including phenoxy) is 2. The predicted molar refractivity (Wildman–Crippen MR) is 156 cm³/mol. The van der Waals surface area contributed by atoms with Crippen LogP contribution in [0.15, 0.2) is 53.7 Å². The smallest absolute Gasteiger partial charge is 0.204 e. The van der Waals surface area contributed by atoms with Gasteiger partial charge in [0.1, 0.15) is 23.1 Å². The first kappa shape index (κ1) is 33.0. The number of nitrogens with zero attached hydrogens (tertiary/aromatic N) is 1. The number of benzene rings is 3. The number of aliphatic hydroxyl groups excluding tert-OH is 1. The molecule has 1 atom stereocenters. The summed E-state index contributed by atoms with van der Waals surface area (Å²) in [5, 5.41) is 10.5. The van der Waals surface area contributed by atoms with E-state index in [0.717, 1.165) is 16.8 Å². The fourth-order valence-corrected chi connectivity index (χ4v) is 6.33. The standard InChI is InChI=1S/C30H25ClF3N3O3S.H2O.W/c1-30(7-10-39-26-15(6-9-38)11-16(31)12-20(26)30)22-14-36-29(37-22)19-13-17(3-4-21(19)32)40-27-24(34)23(33)25-18(5-8-35-25)28(27)41-2;;/h3-5,8,11-14,35,38H,6-7,9-10H2,1-2H3,(H,36,37);1H2;. The van der Waals surface area contributed by atoms with E-state index < -0.39 is 22.9 Å². The zero-order valence-corrected chi connectivity index (χ0v) is 27.5. The number of aliphatic hydroxyl groups is 1. The summed E-state index contributed by atoms with van der Waals surface area (Å²) in [6, 6.07) is 9.22. The first-order valence-electron chi connectivity index (χ1n) is 12.9. The Kier molecular flexibility index (Phi) is 9.93. The van der Waals surface area contributed by atoms with Gasteiger partial charge in [-0.15, -0.1) is 11.8 Å². The minimum Gasteiger partial charge on any atom is -0.493 e. The first-order valence-corrected chi connectivity index (χ1v) is 14.5. The van der Waals surface area contributed by atoms with Gasteiger partial charge in [-0.25, -0.2) is 13.8 Å². The molecule has 5 aromatic rings. The number of hydrogen-bond donors (Lipinski definition) is 3. The van der Waals surface area contributed by atoms with Gasteiger partial charge >= 0.3 is 0 Å². The Labute approximate surface area is 268 Å². The Bertz CT molecular complexity index is 1800. The topological polar surface area (TPSA) is 115 Å². The van der Waals surface area contributed by atoms with Crippen LogP contribution in [-0.2, 0) is 32.9 Å². The van der Waals surface area contributed by atoms with Crippen molar-refractivity contribution in [1.82, 2.24) is 15.0 Å². The van der Waals surface area contributed by atoms with Gasteiger partial charge in [0.05, 0.1) is 22.6 Å². The van der Waals surface area contributed by atoms with Gasteiger partial charge in [0.25, 0.3) is 0 Å². The van der Waals surface area contributed by atoms with Crippen molar-refractivity contribution >= 4 is 34.3 Å². The second-order valence-corrected chi connectivity index (χ2v) is 11.2. The van der Waals surface area contributed by atoms with Crippen LogP contribution >= 0.6 is 23.4 Å². The second-order valence-electron chi connectivity index (χ2n) is 9.99. The van der Waals surface area contributed by atoms with Crippen LogP contribution < -0.4 is 9.47 Å². The molecule has 1 aliphatic rings. The van der Waals surface area contributed by atoms with Gasteiger partial charge in [-0.2, -0.15) is 4.39 Å². The molecule has 43 heavy (non-hydrogen) atoms. The van der Waals surface area contributed by atoms with Crippen LogP contribution in [0.5, 0.6) is 17.2 Å². The molecule has 0 aliphatic carbocycles. The molecule has 0 amide bonds. The van der Waals surface area contributed by atoms with E-state index in [0.29, 0.717) is 40.5 Å². The van der Waals surface area contributed by atoms with E-state index in [4.69, 9.17) is 21.1 Å². The van der Waals surface area contributed by atoms with E-state index in [-0.39, 0.29) is 61.6 Å². The average molecular weight is 802 g/mol. The molecule has 13 heteroatoms. The number of nitrogens with one attached hydrogen (secondary N) is 2. The van der Waals surface area contributed by atoms with Crippen molar-refractivity contribution in [2.24, 2.45) is 0 Å². The van der Waals surface area contributed by atoms with Crippen molar-refractivity contribution in [2.75, 3.05) is 19.5 Å². The summed E-state index contributed by atoms with van der Waals surface area (Å²) in [5.41, 5.74) is 1.94. The van der Waals surface area contributed by atoms with E-state index in [2.05, 4.69) is 15.0 Å². The SMILES string of the molecule is CSc1c(Oc2ccc(F)c(-c3ncc(C4(C)CCOc5c(CCO)cc(Cl)cc54)[nH]3)c2)c(F)c(F)c2[nH]ccc12.O.[W]. The number of fused-ring (bicyclic) bond motifs is 2. The Morgan fingerprint density at radius 1 is 1.16 bits per heavy atom. The molecule has 0 saturated heterocycles. The van der Waals surface area contributed by atoms with E-state index in [1.54, 1.807) is 24.6 Å². The molecule has 5 N–H and O–H groups in total. The zero-order chi connectivity index (χ0) is 28.9. The summed E-state index contributed by atoms with van der Waals surface area (Å²) >= 11 is 7.64. The number of halogens is 4. The molecule has 1 unspecified atom stereocenters. The van der Waals surface area contributed by atoms with Gasteiger partial charge in [-0.3, -0.25) is 0 Å². The molecule has 1 aliphatic heterocycles. The molecule has 226 valence electrons. The van der Waals surface area contributed by atoms with Gasteiger partial charge < -0.3 is 30.0 Å². The van der Waals surface area contributed by atoms with Crippen molar-refractivity contribution in [3.05, 3.63) is 88.1 Å². The van der Waals surface area contributed by atoms with E-state index in [1.807, 2.05) is 13.0 Å². The quantitative estimate of drug-likeness (QED) is 0.155. The average Bonchev–Trinajstić information content (AvgIpc) is 3.65. The molecule has 0 radical (unpaired) electrons. The number of rotatable bonds is 7. The summed E-state index contributed by atoms with van der Waals surface area (Å²) in [6.45, 7) is 2.41. The number of thioether (sulfide) groups is 1. The number of aromatic nitrogens is 3. The number of H-pyrrole nitrogens is 2. The van der Waals surface area contributed by atoms with Crippen LogP contribution in [0.2, 0.25) is 5.02 Å². The van der Waals surface area contributed by atoms with Crippen LogP contribution in [0, 0.1) is 17.5 Å². The molecule has 3 aromatic carbocycles. The van der Waals surface area contributed by atoms with Gasteiger partial charge in [0.15, 0.2) is 11.6 Å². The maximum Gasteiger partial charge on any atom is 0.204 e. The maximum atomic E-state index is 15.1. The number of hydrogen-bond acceptors (Lipinski definition) is 5. The minimum absolute atomic E-state index is 0. The van der Waals surface area contributed by atoms with Crippen molar-refractivity contribution in [3.63, 3.8) is 0 Å². The van der Waals surface area contributed by atoms with Crippen LogP contribution in [0.1, 0.15) is 30.2 Å². The normalized spacial score (nSPS) is 15.8. The fourth-order valence-electron chi connectivity index (χ4n) is 5.38. The third-order valence-corrected chi connectivity index (χ3v) is 8.58. The largest absolute Gasteiger partial charge is 0.493 e. The van der Waals surface area contributed by atoms with Crippen molar-refractivity contribution in [1.29, 1.82) is 0 Å². The monoisotopic (exact) mass is 801 g/mol. The number of aromatic amines is 2.